The van der Waals surface area contributed by atoms with Crippen molar-refractivity contribution in [3.8, 4) is 11.5 Å². The molecule has 1 heterocycles. The van der Waals surface area contributed by atoms with E-state index in [0.29, 0.717) is 22.6 Å². The normalized spacial score (nSPS) is 11.0. The molecular weight excluding hydrogens is 268 g/mol. The van der Waals surface area contributed by atoms with Gasteiger partial charge in [0.25, 0.3) is 5.69 Å². The molecule has 1 aromatic heterocycles. The average Bonchev–Trinajstić information content (AvgIpc) is 2.86. The number of hydrogen-bond acceptors (Lipinski definition) is 4. The third-order valence-electron chi connectivity index (χ3n) is 3.63. The summed E-state index contributed by atoms with van der Waals surface area (Å²) in [5, 5.41) is 10.9. The standard InChI is InChI=1S/C16H14N2O3/c1-9-4-5-12(6-10(9)2)16-17-14-8-13(18(19)20)7-11(3)15(14)21-16/h4-8H,1-3H3. The lowest BCUT2D eigenvalue weighted by atomic mass is 10.1. The molecule has 0 saturated heterocycles. The number of aromatic nitrogens is 1. The van der Waals surface area contributed by atoms with Crippen molar-refractivity contribution in [3.63, 3.8) is 0 Å². The van der Waals surface area contributed by atoms with Crippen molar-refractivity contribution in [3.05, 3.63) is 57.1 Å². The van der Waals surface area contributed by atoms with E-state index in [2.05, 4.69) is 4.98 Å². The number of oxazole rings is 1. The molecule has 0 fully saturated rings. The molecule has 0 aliphatic carbocycles. The summed E-state index contributed by atoms with van der Waals surface area (Å²) < 4.78 is 5.78. The van der Waals surface area contributed by atoms with Gasteiger partial charge in [-0.15, -0.1) is 0 Å². The Bertz CT molecular complexity index is 865. The Labute approximate surface area is 121 Å². The van der Waals surface area contributed by atoms with E-state index < -0.39 is 4.92 Å². The van der Waals surface area contributed by atoms with Crippen molar-refractivity contribution >= 4 is 16.8 Å². The molecule has 0 unspecified atom stereocenters. The first-order valence-electron chi connectivity index (χ1n) is 6.59. The molecule has 3 aromatic rings. The zero-order chi connectivity index (χ0) is 15.1. The van der Waals surface area contributed by atoms with E-state index in [9.17, 15) is 10.1 Å². The molecule has 0 amide bonds. The first kappa shape index (κ1) is 13.3. The average molecular weight is 282 g/mol. The van der Waals surface area contributed by atoms with Crippen LogP contribution in [-0.2, 0) is 0 Å². The molecule has 5 heteroatoms. The van der Waals surface area contributed by atoms with Crippen molar-refractivity contribution in [2.24, 2.45) is 0 Å². The summed E-state index contributed by atoms with van der Waals surface area (Å²) >= 11 is 0. The van der Waals surface area contributed by atoms with Gasteiger partial charge in [0.15, 0.2) is 5.58 Å². The Morgan fingerprint density at radius 3 is 2.48 bits per heavy atom. The monoisotopic (exact) mass is 282 g/mol. The first-order valence-corrected chi connectivity index (χ1v) is 6.59. The maximum absolute atomic E-state index is 10.9. The number of nitro benzene ring substituents is 1. The van der Waals surface area contributed by atoms with E-state index >= 15 is 0 Å². The highest BCUT2D eigenvalue weighted by molar-refractivity contribution is 5.81. The van der Waals surface area contributed by atoms with Crippen LogP contribution in [0.1, 0.15) is 16.7 Å². The van der Waals surface area contributed by atoms with Crippen LogP contribution < -0.4 is 0 Å². The van der Waals surface area contributed by atoms with E-state index in [-0.39, 0.29) is 5.69 Å². The van der Waals surface area contributed by atoms with Gasteiger partial charge in [-0.2, -0.15) is 0 Å². The van der Waals surface area contributed by atoms with Crippen LogP contribution in [0.2, 0.25) is 0 Å². The molecule has 106 valence electrons. The van der Waals surface area contributed by atoms with Crippen molar-refractivity contribution in [1.82, 2.24) is 4.98 Å². The molecule has 0 atom stereocenters. The SMILES string of the molecule is Cc1ccc(-c2nc3cc([N+](=O)[O-])cc(C)c3o2)cc1C. The van der Waals surface area contributed by atoms with E-state index in [1.54, 1.807) is 6.92 Å². The number of nitrogens with zero attached hydrogens (tertiary/aromatic N) is 2. The Kier molecular flexibility index (Phi) is 2.97. The van der Waals surface area contributed by atoms with Crippen LogP contribution in [0.4, 0.5) is 5.69 Å². The van der Waals surface area contributed by atoms with Gasteiger partial charge in [-0.1, -0.05) is 6.07 Å². The highest BCUT2D eigenvalue weighted by Gasteiger charge is 2.16. The molecule has 0 N–H and O–H groups in total. The summed E-state index contributed by atoms with van der Waals surface area (Å²) in [5.74, 6) is 0.483. The van der Waals surface area contributed by atoms with Crippen LogP contribution in [0.15, 0.2) is 34.7 Å². The molecule has 0 bridgehead atoms. The number of non-ortho nitro benzene ring substituents is 1. The zero-order valence-electron chi connectivity index (χ0n) is 12.0. The minimum absolute atomic E-state index is 0.0277. The quantitative estimate of drug-likeness (QED) is 0.518. The summed E-state index contributed by atoms with van der Waals surface area (Å²) in [4.78, 5) is 14.9. The minimum Gasteiger partial charge on any atom is -0.436 e. The van der Waals surface area contributed by atoms with Gasteiger partial charge >= 0.3 is 0 Å². The zero-order valence-corrected chi connectivity index (χ0v) is 12.0. The number of benzene rings is 2. The van der Waals surface area contributed by atoms with Crippen LogP contribution in [0.5, 0.6) is 0 Å². The Balaban J connectivity index is 2.18. The third kappa shape index (κ3) is 2.27. The summed E-state index contributed by atoms with van der Waals surface area (Å²) in [7, 11) is 0. The summed E-state index contributed by atoms with van der Waals surface area (Å²) in [6.07, 6.45) is 0. The maximum Gasteiger partial charge on any atom is 0.272 e. The number of nitro groups is 1. The molecule has 21 heavy (non-hydrogen) atoms. The molecule has 5 nitrogen and oxygen atoms in total. The second-order valence-electron chi connectivity index (χ2n) is 5.19. The van der Waals surface area contributed by atoms with Gasteiger partial charge in [-0.05, 0) is 44.0 Å². The van der Waals surface area contributed by atoms with Gasteiger partial charge < -0.3 is 4.42 Å². The predicted molar refractivity (Wildman–Crippen MR) is 80.3 cm³/mol. The molecular formula is C16H14N2O3. The van der Waals surface area contributed by atoms with Crippen molar-refractivity contribution in [2.75, 3.05) is 0 Å². The lowest BCUT2D eigenvalue weighted by Crippen LogP contribution is -1.88. The smallest absolute Gasteiger partial charge is 0.272 e. The summed E-state index contributed by atoms with van der Waals surface area (Å²) in [6, 6.07) is 8.89. The highest BCUT2D eigenvalue weighted by atomic mass is 16.6. The van der Waals surface area contributed by atoms with Crippen molar-refractivity contribution < 1.29 is 9.34 Å². The first-order chi connectivity index (χ1) is 9.95. The van der Waals surface area contributed by atoms with Gasteiger partial charge in [0.05, 0.1) is 4.92 Å². The fourth-order valence-corrected chi connectivity index (χ4v) is 2.28. The second-order valence-corrected chi connectivity index (χ2v) is 5.19. The largest absolute Gasteiger partial charge is 0.436 e. The number of fused-ring (bicyclic) bond motifs is 1. The van der Waals surface area contributed by atoms with Crippen LogP contribution in [0, 0.1) is 30.9 Å². The van der Waals surface area contributed by atoms with Crippen LogP contribution in [0.25, 0.3) is 22.6 Å². The van der Waals surface area contributed by atoms with Crippen LogP contribution in [0.3, 0.4) is 0 Å². The van der Waals surface area contributed by atoms with E-state index in [1.165, 1.54) is 17.7 Å². The lowest BCUT2D eigenvalue weighted by molar-refractivity contribution is -0.384. The van der Waals surface area contributed by atoms with Crippen molar-refractivity contribution in [1.29, 1.82) is 0 Å². The molecule has 0 aliphatic rings. The van der Waals surface area contributed by atoms with Gasteiger partial charge in [0, 0.05) is 23.3 Å². The lowest BCUT2D eigenvalue weighted by Gasteiger charge is -2.01. The summed E-state index contributed by atoms with van der Waals surface area (Å²) in [5.41, 5.74) is 5.06. The molecule has 0 saturated carbocycles. The second kappa shape index (κ2) is 4.70. The number of aryl methyl sites for hydroxylation is 3. The van der Waals surface area contributed by atoms with Gasteiger partial charge in [-0.3, -0.25) is 10.1 Å². The van der Waals surface area contributed by atoms with E-state index in [0.717, 1.165) is 11.1 Å². The van der Waals surface area contributed by atoms with Crippen LogP contribution >= 0.6 is 0 Å². The van der Waals surface area contributed by atoms with Gasteiger partial charge in [0.2, 0.25) is 5.89 Å². The van der Waals surface area contributed by atoms with Crippen molar-refractivity contribution in [2.45, 2.75) is 20.8 Å². The molecule has 3 rings (SSSR count). The fourth-order valence-electron chi connectivity index (χ4n) is 2.28. The predicted octanol–water partition coefficient (Wildman–Crippen LogP) is 4.33. The number of rotatable bonds is 2. The molecule has 0 spiro atoms. The minimum atomic E-state index is -0.420. The Morgan fingerprint density at radius 1 is 1.05 bits per heavy atom. The Hall–Kier alpha value is -2.69. The molecule has 0 radical (unpaired) electrons. The highest BCUT2D eigenvalue weighted by Crippen LogP contribution is 2.30. The number of hydrogen-bond donors (Lipinski definition) is 0. The topological polar surface area (TPSA) is 69.2 Å². The van der Waals surface area contributed by atoms with E-state index in [1.807, 2.05) is 32.0 Å². The third-order valence-corrected chi connectivity index (χ3v) is 3.63. The molecule has 0 aliphatic heterocycles. The van der Waals surface area contributed by atoms with Gasteiger partial charge in [-0.25, -0.2) is 4.98 Å². The van der Waals surface area contributed by atoms with Crippen LogP contribution in [-0.4, -0.2) is 9.91 Å². The maximum atomic E-state index is 10.9. The van der Waals surface area contributed by atoms with E-state index in [4.69, 9.17) is 4.42 Å². The Morgan fingerprint density at radius 2 is 1.81 bits per heavy atom. The molecule has 2 aromatic carbocycles. The fraction of sp³-hybridized carbons (Fsp3) is 0.188. The van der Waals surface area contributed by atoms with Gasteiger partial charge in [0.1, 0.15) is 5.52 Å². The summed E-state index contributed by atoms with van der Waals surface area (Å²) in [6.45, 7) is 5.85.